The summed E-state index contributed by atoms with van der Waals surface area (Å²) >= 11 is 0. The average Bonchev–Trinajstić information content (AvgIpc) is 2.57. The van der Waals surface area contributed by atoms with Crippen LogP contribution < -0.4 is 0 Å². The van der Waals surface area contributed by atoms with E-state index < -0.39 is 5.60 Å². The lowest BCUT2D eigenvalue weighted by Gasteiger charge is -2.59. The van der Waals surface area contributed by atoms with Crippen LogP contribution in [0.25, 0.3) is 0 Å². The van der Waals surface area contributed by atoms with Crippen LogP contribution in [0.1, 0.15) is 65.9 Å². The lowest BCUT2D eigenvalue weighted by molar-refractivity contribution is -0.286. The van der Waals surface area contributed by atoms with Crippen LogP contribution >= 0.6 is 0 Å². The molecule has 3 rings (SSSR count). The van der Waals surface area contributed by atoms with Crippen molar-refractivity contribution in [1.82, 2.24) is 4.90 Å². The van der Waals surface area contributed by atoms with Gasteiger partial charge in [-0.1, -0.05) is 50.6 Å². The van der Waals surface area contributed by atoms with Gasteiger partial charge in [0.2, 0.25) is 0 Å². The number of nitrogens with zero attached hydrogens (tertiary/aromatic N) is 1. The topological polar surface area (TPSA) is 32.7 Å². The molecule has 1 aliphatic carbocycles. The molecule has 25 heavy (non-hydrogen) atoms. The lowest BCUT2D eigenvalue weighted by Crippen LogP contribution is -2.69. The van der Waals surface area contributed by atoms with Crippen molar-refractivity contribution in [2.24, 2.45) is 11.8 Å². The zero-order valence-electron chi connectivity index (χ0n) is 16.5. The largest absolute Gasteiger partial charge is 0.386 e. The van der Waals surface area contributed by atoms with Crippen molar-refractivity contribution in [1.29, 1.82) is 0 Å². The van der Waals surface area contributed by atoms with E-state index in [1.165, 1.54) is 18.4 Å². The van der Waals surface area contributed by atoms with Crippen molar-refractivity contribution in [2.45, 2.75) is 90.3 Å². The third-order valence-corrected chi connectivity index (χ3v) is 6.73. The smallest absolute Gasteiger partial charge is 0.140 e. The lowest BCUT2D eigenvalue weighted by atomic mass is 9.69. The highest BCUT2D eigenvalue weighted by Gasteiger charge is 2.54. The predicted octanol–water partition coefficient (Wildman–Crippen LogP) is 4.59. The van der Waals surface area contributed by atoms with Crippen molar-refractivity contribution in [3.05, 3.63) is 35.9 Å². The second kappa shape index (κ2) is 7.02. The number of benzene rings is 1. The van der Waals surface area contributed by atoms with Crippen molar-refractivity contribution in [2.75, 3.05) is 0 Å². The van der Waals surface area contributed by atoms with Gasteiger partial charge in [0.05, 0.1) is 6.10 Å². The first-order valence-corrected chi connectivity index (χ1v) is 9.94. The van der Waals surface area contributed by atoms with Crippen LogP contribution in [0, 0.1) is 11.8 Å². The van der Waals surface area contributed by atoms with E-state index in [0.717, 1.165) is 13.0 Å². The summed E-state index contributed by atoms with van der Waals surface area (Å²) in [4.78, 5) is 2.42. The fourth-order valence-corrected chi connectivity index (χ4v) is 4.77. The summed E-state index contributed by atoms with van der Waals surface area (Å²) in [6.45, 7) is 11.8. The molecule has 0 unspecified atom stereocenters. The maximum Gasteiger partial charge on any atom is 0.140 e. The van der Waals surface area contributed by atoms with Crippen LogP contribution in [-0.2, 0) is 11.3 Å². The average molecular weight is 346 g/mol. The molecule has 2 aliphatic rings. The van der Waals surface area contributed by atoms with E-state index in [0.29, 0.717) is 18.3 Å². The van der Waals surface area contributed by atoms with Gasteiger partial charge in [0.25, 0.3) is 0 Å². The predicted molar refractivity (Wildman–Crippen MR) is 102 cm³/mol. The van der Waals surface area contributed by atoms with Crippen molar-refractivity contribution < 1.29 is 9.84 Å². The number of hydrogen-bond acceptors (Lipinski definition) is 3. The van der Waals surface area contributed by atoms with Crippen LogP contribution in [0.2, 0.25) is 0 Å². The molecule has 1 aromatic carbocycles. The molecule has 1 N–H and O–H groups in total. The Morgan fingerprint density at radius 2 is 1.92 bits per heavy atom. The third kappa shape index (κ3) is 3.65. The molecule has 3 nitrogen and oxygen atoms in total. The van der Waals surface area contributed by atoms with Crippen LogP contribution in [0.4, 0.5) is 0 Å². The number of aliphatic hydroxyl groups is 1. The molecule has 0 spiro atoms. The minimum Gasteiger partial charge on any atom is -0.386 e. The molecule has 0 bridgehead atoms. The summed E-state index contributed by atoms with van der Waals surface area (Å²) in [6.07, 6.45) is 4.29. The third-order valence-electron chi connectivity index (χ3n) is 6.73. The molecule has 0 amide bonds. The molecule has 0 radical (unpaired) electrons. The van der Waals surface area contributed by atoms with Gasteiger partial charge in [-0.05, 0) is 51.5 Å². The van der Waals surface area contributed by atoms with Crippen LogP contribution in [0.5, 0.6) is 0 Å². The van der Waals surface area contributed by atoms with E-state index in [1.54, 1.807) is 0 Å². The Morgan fingerprint density at radius 3 is 2.56 bits per heavy atom. The number of fused-ring (bicyclic) bond motifs is 1. The standard InChI is InChI=1S/C22H35NO2/c1-6-22(5,24)20-23(15-17-10-8-7-9-11-17)21(3,4)18-13-12-16(2)14-19(18)25-20/h7-11,16,18-20,24H,6,12-15H2,1-5H3/t16-,18-,19-,20+,22-/m1/s1. The molecule has 140 valence electrons. The molecule has 1 saturated carbocycles. The Kier molecular flexibility index (Phi) is 5.30. The van der Waals surface area contributed by atoms with Crippen LogP contribution in [0.3, 0.4) is 0 Å². The molecule has 3 heteroatoms. The van der Waals surface area contributed by atoms with Crippen molar-refractivity contribution in [3.63, 3.8) is 0 Å². The van der Waals surface area contributed by atoms with E-state index in [9.17, 15) is 5.11 Å². The van der Waals surface area contributed by atoms with E-state index in [2.05, 4.69) is 56.0 Å². The number of hydrogen-bond donors (Lipinski definition) is 1. The Balaban J connectivity index is 1.95. The van der Waals surface area contributed by atoms with E-state index in [-0.39, 0.29) is 17.9 Å². The second-order valence-corrected chi connectivity index (χ2v) is 9.03. The Labute approximate surface area is 153 Å². The maximum atomic E-state index is 11.1. The highest BCUT2D eigenvalue weighted by molar-refractivity contribution is 5.16. The summed E-state index contributed by atoms with van der Waals surface area (Å²) in [5.74, 6) is 1.24. The Morgan fingerprint density at radius 1 is 1.24 bits per heavy atom. The first-order chi connectivity index (χ1) is 11.8. The summed E-state index contributed by atoms with van der Waals surface area (Å²) in [6, 6.07) is 10.6. The van der Waals surface area contributed by atoms with Gasteiger partial charge in [0, 0.05) is 18.0 Å². The van der Waals surface area contributed by atoms with E-state index >= 15 is 0 Å². The van der Waals surface area contributed by atoms with Crippen molar-refractivity contribution >= 4 is 0 Å². The number of rotatable bonds is 4. The fourth-order valence-electron chi connectivity index (χ4n) is 4.77. The SMILES string of the molecule is CC[C@@](C)(O)[C@@H]1O[C@@H]2C[C@H](C)CC[C@H]2C(C)(C)N1Cc1ccccc1. The van der Waals surface area contributed by atoms with Crippen molar-refractivity contribution in [3.8, 4) is 0 Å². The Hall–Kier alpha value is -0.900. The molecule has 1 saturated heterocycles. The van der Waals surface area contributed by atoms with Gasteiger partial charge in [-0.25, -0.2) is 0 Å². The fraction of sp³-hybridized carbons (Fsp3) is 0.727. The van der Waals surface area contributed by atoms with Crippen LogP contribution in [-0.4, -0.2) is 33.5 Å². The van der Waals surface area contributed by atoms with Gasteiger partial charge in [-0.15, -0.1) is 0 Å². The molecule has 1 heterocycles. The van der Waals surface area contributed by atoms with E-state index in [4.69, 9.17) is 4.74 Å². The van der Waals surface area contributed by atoms with Gasteiger partial charge in [-0.3, -0.25) is 4.90 Å². The van der Waals surface area contributed by atoms with Gasteiger partial charge in [0.15, 0.2) is 0 Å². The molecular formula is C22H35NO2. The molecule has 1 aromatic rings. The van der Waals surface area contributed by atoms with Crippen LogP contribution in [0.15, 0.2) is 30.3 Å². The summed E-state index contributed by atoms with van der Waals surface area (Å²) in [5.41, 5.74) is 0.430. The number of ether oxygens (including phenoxy) is 1. The van der Waals surface area contributed by atoms with Gasteiger partial charge in [0.1, 0.15) is 11.8 Å². The minimum absolute atomic E-state index is 0.00270. The van der Waals surface area contributed by atoms with Gasteiger partial charge < -0.3 is 9.84 Å². The van der Waals surface area contributed by atoms with Gasteiger partial charge >= 0.3 is 0 Å². The molecular weight excluding hydrogens is 310 g/mol. The quantitative estimate of drug-likeness (QED) is 0.866. The summed E-state index contributed by atoms with van der Waals surface area (Å²) < 4.78 is 6.61. The Bertz CT molecular complexity index is 569. The molecule has 0 aromatic heterocycles. The monoisotopic (exact) mass is 345 g/mol. The van der Waals surface area contributed by atoms with E-state index in [1.807, 2.05) is 13.8 Å². The summed E-state index contributed by atoms with van der Waals surface area (Å²) in [7, 11) is 0. The molecule has 1 aliphatic heterocycles. The molecule has 5 atom stereocenters. The zero-order valence-corrected chi connectivity index (χ0v) is 16.5. The second-order valence-electron chi connectivity index (χ2n) is 9.03. The molecule has 2 fully saturated rings. The van der Waals surface area contributed by atoms with Gasteiger partial charge in [-0.2, -0.15) is 0 Å². The zero-order chi connectivity index (χ0) is 18.2. The normalized spacial score (nSPS) is 35.0. The minimum atomic E-state index is -0.849. The first-order valence-electron chi connectivity index (χ1n) is 9.94. The highest BCUT2D eigenvalue weighted by atomic mass is 16.5. The highest BCUT2D eigenvalue weighted by Crippen LogP contribution is 2.47. The first kappa shape index (κ1) is 18.9. The maximum absolute atomic E-state index is 11.1. The summed E-state index contributed by atoms with van der Waals surface area (Å²) in [5, 5.41) is 11.1.